The molecule has 1 aromatic heterocycles. The fraction of sp³-hybridized carbons (Fsp3) is 0.0833. The number of nitrogen functional groups attached to an aromatic ring is 1. The number of nitro benzene ring substituents is 1. The number of hydrogen-bond donors (Lipinski definition) is 1. The zero-order chi connectivity index (χ0) is 14.8. The van der Waals surface area contributed by atoms with Crippen molar-refractivity contribution in [2.45, 2.75) is 10.8 Å². The Morgan fingerprint density at radius 1 is 1.20 bits per heavy atom. The minimum Gasteiger partial charge on any atom is -0.396 e. The molecular formula is C12H11N3O4S. The monoisotopic (exact) mass is 293 g/mol. The molecule has 0 aliphatic rings. The number of rotatable bonds is 4. The predicted molar refractivity (Wildman–Crippen MR) is 72.6 cm³/mol. The van der Waals surface area contributed by atoms with Gasteiger partial charge < -0.3 is 5.73 Å². The number of nitrogens with zero attached hydrogens (tertiary/aromatic N) is 2. The number of anilines is 1. The molecule has 20 heavy (non-hydrogen) atoms. The summed E-state index contributed by atoms with van der Waals surface area (Å²) in [6, 6.07) is 8.30. The van der Waals surface area contributed by atoms with Crippen LogP contribution >= 0.6 is 0 Å². The average molecular weight is 293 g/mol. The zero-order valence-corrected chi connectivity index (χ0v) is 11.1. The lowest BCUT2D eigenvalue weighted by Gasteiger charge is -2.06. The zero-order valence-electron chi connectivity index (χ0n) is 10.3. The van der Waals surface area contributed by atoms with Crippen LogP contribution in [0.1, 0.15) is 5.56 Å². The summed E-state index contributed by atoms with van der Waals surface area (Å²) in [5.74, 6) is -0.313. The summed E-state index contributed by atoms with van der Waals surface area (Å²) in [5, 5.41) is 10.3. The van der Waals surface area contributed by atoms with Crippen molar-refractivity contribution in [3.63, 3.8) is 0 Å². The summed E-state index contributed by atoms with van der Waals surface area (Å²) in [7, 11) is -3.68. The molecule has 1 heterocycles. The lowest BCUT2D eigenvalue weighted by Crippen LogP contribution is -2.09. The number of non-ortho nitro benzene ring substituents is 1. The number of nitrogens with two attached hydrogens (primary N) is 1. The molecule has 0 atom stereocenters. The van der Waals surface area contributed by atoms with Gasteiger partial charge in [-0.2, -0.15) is 0 Å². The summed E-state index contributed by atoms with van der Waals surface area (Å²) in [4.78, 5) is 13.7. The van der Waals surface area contributed by atoms with Crippen LogP contribution in [0, 0.1) is 10.1 Å². The molecule has 0 spiro atoms. The van der Waals surface area contributed by atoms with Crippen LogP contribution in [0.3, 0.4) is 0 Å². The maximum atomic E-state index is 12.2. The van der Waals surface area contributed by atoms with E-state index in [4.69, 9.17) is 5.73 Å². The molecule has 1 aromatic carbocycles. The van der Waals surface area contributed by atoms with Gasteiger partial charge in [-0.3, -0.25) is 10.1 Å². The Balaban J connectivity index is 2.29. The molecule has 0 bridgehead atoms. The van der Waals surface area contributed by atoms with E-state index in [0.717, 1.165) is 0 Å². The molecule has 2 rings (SSSR count). The van der Waals surface area contributed by atoms with Crippen molar-refractivity contribution in [2.75, 3.05) is 5.73 Å². The van der Waals surface area contributed by atoms with Crippen molar-refractivity contribution in [3.8, 4) is 0 Å². The highest BCUT2D eigenvalue weighted by Crippen LogP contribution is 2.21. The summed E-state index contributed by atoms with van der Waals surface area (Å²) < 4.78 is 24.3. The van der Waals surface area contributed by atoms with E-state index in [-0.39, 0.29) is 22.2 Å². The van der Waals surface area contributed by atoms with E-state index in [2.05, 4.69) is 4.98 Å². The fourth-order valence-electron chi connectivity index (χ4n) is 1.66. The molecule has 0 aliphatic heterocycles. The van der Waals surface area contributed by atoms with E-state index in [1.807, 2.05) is 0 Å². The Labute approximate surface area is 115 Å². The van der Waals surface area contributed by atoms with Crippen LogP contribution in [0.5, 0.6) is 0 Å². The first-order valence-electron chi connectivity index (χ1n) is 5.57. The van der Waals surface area contributed by atoms with E-state index in [1.165, 1.54) is 36.5 Å². The lowest BCUT2D eigenvalue weighted by atomic mass is 10.2. The highest BCUT2D eigenvalue weighted by molar-refractivity contribution is 7.90. The van der Waals surface area contributed by atoms with Gasteiger partial charge in [0.1, 0.15) is 0 Å². The topological polar surface area (TPSA) is 116 Å². The Bertz CT molecular complexity index is 742. The number of pyridine rings is 1. The van der Waals surface area contributed by atoms with Gasteiger partial charge in [-0.05, 0) is 17.7 Å². The SMILES string of the molecule is Nc1cccnc1S(=O)(=O)Cc1ccc([N+](=O)[O-])cc1. The predicted octanol–water partition coefficient (Wildman–Crippen LogP) is 1.55. The molecule has 104 valence electrons. The Hall–Kier alpha value is -2.48. The first-order valence-corrected chi connectivity index (χ1v) is 7.22. The maximum Gasteiger partial charge on any atom is 0.269 e. The maximum absolute atomic E-state index is 12.2. The van der Waals surface area contributed by atoms with Crippen LogP contribution in [0.4, 0.5) is 11.4 Å². The molecule has 0 radical (unpaired) electrons. The Kier molecular flexibility index (Phi) is 3.66. The number of hydrogen-bond acceptors (Lipinski definition) is 6. The van der Waals surface area contributed by atoms with Crippen LogP contribution < -0.4 is 5.73 Å². The second-order valence-corrected chi connectivity index (χ2v) is 5.99. The first kappa shape index (κ1) is 13.9. The molecule has 2 N–H and O–H groups in total. The number of sulfone groups is 1. The van der Waals surface area contributed by atoms with Crippen molar-refractivity contribution in [3.05, 3.63) is 58.3 Å². The van der Waals surface area contributed by atoms with E-state index in [1.54, 1.807) is 6.07 Å². The molecule has 0 amide bonds. The number of nitro groups is 1. The number of benzene rings is 1. The number of aromatic nitrogens is 1. The third kappa shape index (κ3) is 2.91. The molecule has 7 nitrogen and oxygen atoms in total. The minimum absolute atomic E-state index is 0.0782. The van der Waals surface area contributed by atoms with Crippen molar-refractivity contribution in [2.24, 2.45) is 0 Å². The average Bonchev–Trinajstić information content (AvgIpc) is 2.39. The molecule has 2 aromatic rings. The van der Waals surface area contributed by atoms with Gasteiger partial charge in [0.25, 0.3) is 5.69 Å². The van der Waals surface area contributed by atoms with E-state index in [0.29, 0.717) is 5.56 Å². The molecular weight excluding hydrogens is 282 g/mol. The molecule has 0 aliphatic carbocycles. The van der Waals surface area contributed by atoms with Gasteiger partial charge in [0.15, 0.2) is 5.03 Å². The quantitative estimate of drug-likeness (QED) is 0.675. The molecule has 0 saturated heterocycles. The van der Waals surface area contributed by atoms with E-state index >= 15 is 0 Å². The standard InChI is InChI=1S/C12H11N3O4S/c13-11-2-1-7-14-12(11)20(18,19)8-9-3-5-10(6-4-9)15(16)17/h1-7H,8,13H2. The third-order valence-electron chi connectivity index (χ3n) is 2.60. The molecule has 0 saturated carbocycles. The normalized spacial score (nSPS) is 11.2. The molecule has 8 heteroatoms. The minimum atomic E-state index is -3.68. The highest BCUT2D eigenvalue weighted by atomic mass is 32.2. The van der Waals surface area contributed by atoms with Crippen LogP contribution in [0.25, 0.3) is 0 Å². The fourth-order valence-corrected chi connectivity index (χ4v) is 3.08. The van der Waals surface area contributed by atoms with Crippen LogP contribution in [-0.2, 0) is 15.6 Å². The summed E-state index contributed by atoms with van der Waals surface area (Å²) in [6.45, 7) is 0. The van der Waals surface area contributed by atoms with Gasteiger partial charge in [-0.1, -0.05) is 12.1 Å². The second kappa shape index (κ2) is 5.25. The Morgan fingerprint density at radius 3 is 2.40 bits per heavy atom. The van der Waals surface area contributed by atoms with Gasteiger partial charge in [-0.15, -0.1) is 0 Å². The van der Waals surface area contributed by atoms with Crippen molar-refractivity contribution < 1.29 is 13.3 Å². The lowest BCUT2D eigenvalue weighted by molar-refractivity contribution is -0.384. The van der Waals surface area contributed by atoms with Gasteiger partial charge in [0, 0.05) is 18.3 Å². The van der Waals surface area contributed by atoms with Gasteiger partial charge in [0.2, 0.25) is 9.84 Å². The first-order chi connectivity index (χ1) is 9.40. The largest absolute Gasteiger partial charge is 0.396 e. The smallest absolute Gasteiger partial charge is 0.269 e. The van der Waals surface area contributed by atoms with Crippen LogP contribution in [-0.4, -0.2) is 18.3 Å². The molecule has 0 fully saturated rings. The van der Waals surface area contributed by atoms with Gasteiger partial charge in [-0.25, -0.2) is 13.4 Å². The van der Waals surface area contributed by atoms with Gasteiger partial charge in [0.05, 0.1) is 16.4 Å². The summed E-state index contributed by atoms with van der Waals surface area (Å²) in [6.07, 6.45) is 1.35. The summed E-state index contributed by atoms with van der Waals surface area (Å²) >= 11 is 0. The van der Waals surface area contributed by atoms with Crippen LogP contribution in [0.2, 0.25) is 0 Å². The van der Waals surface area contributed by atoms with Crippen LogP contribution in [0.15, 0.2) is 47.6 Å². The van der Waals surface area contributed by atoms with Gasteiger partial charge >= 0.3 is 0 Å². The van der Waals surface area contributed by atoms with E-state index in [9.17, 15) is 18.5 Å². The third-order valence-corrected chi connectivity index (χ3v) is 4.24. The van der Waals surface area contributed by atoms with E-state index < -0.39 is 14.8 Å². The van der Waals surface area contributed by atoms with Crippen molar-refractivity contribution in [1.29, 1.82) is 0 Å². The van der Waals surface area contributed by atoms with Crippen molar-refractivity contribution in [1.82, 2.24) is 4.98 Å². The Morgan fingerprint density at radius 2 is 1.85 bits per heavy atom. The molecule has 0 unspecified atom stereocenters. The summed E-state index contributed by atoms with van der Waals surface area (Å²) in [5.41, 5.74) is 6.01. The van der Waals surface area contributed by atoms with Crippen molar-refractivity contribution >= 4 is 21.2 Å². The highest BCUT2D eigenvalue weighted by Gasteiger charge is 2.20. The second-order valence-electron chi connectivity index (χ2n) is 4.08.